The lowest BCUT2D eigenvalue weighted by molar-refractivity contribution is 0.0773. The topological polar surface area (TPSA) is 82.1 Å². The summed E-state index contributed by atoms with van der Waals surface area (Å²) < 4.78 is 50.3. The Kier molecular flexibility index (Phi) is 8.64. The molecular weight excluding hydrogens is 411 g/mol. The highest BCUT2D eigenvalue weighted by atomic mass is 32.2. The molecule has 0 spiro atoms. The van der Waals surface area contributed by atoms with E-state index in [9.17, 15) is 17.9 Å². The molecule has 2 aromatic carbocycles. The van der Waals surface area contributed by atoms with E-state index in [1.54, 1.807) is 12.1 Å². The molecular formula is C22H29FO6S. The minimum Gasteiger partial charge on any atom is -0.494 e. The zero-order chi connectivity index (χ0) is 22.2. The Bertz CT molecular complexity index is 879. The van der Waals surface area contributed by atoms with E-state index in [0.29, 0.717) is 24.5 Å². The van der Waals surface area contributed by atoms with Gasteiger partial charge < -0.3 is 14.6 Å². The van der Waals surface area contributed by atoms with Crippen LogP contribution in [0.3, 0.4) is 0 Å². The van der Waals surface area contributed by atoms with E-state index in [1.807, 2.05) is 36.4 Å². The van der Waals surface area contributed by atoms with Crippen molar-refractivity contribution in [2.24, 2.45) is 0 Å². The van der Waals surface area contributed by atoms with Crippen LogP contribution in [0.5, 0.6) is 11.5 Å². The Labute approximate surface area is 177 Å². The molecule has 1 atom stereocenters. The van der Waals surface area contributed by atoms with Gasteiger partial charge in [0.2, 0.25) is 0 Å². The van der Waals surface area contributed by atoms with Crippen molar-refractivity contribution in [1.82, 2.24) is 0 Å². The Morgan fingerprint density at radius 1 is 0.967 bits per heavy atom. The van der Waals surface area contributed by atoms with Crippen molar-refractivity contribution < 1.29 is 31.6 Å². The van der Waals surface area contributed by atoms with Crippen LogP contribution in [0.25, 0.3) is 0 Å². The van der Waals surface area contributed by atoms with Crippen molar-refractivity contribution in [2.75, 3.05) is 32.8 Å². The molecule has 8 heteroatoms. The Morgan fingerprint density at radius 2 is 1.47 bits per heavy atom. The Morgan fingerprint density at radius 3 is 1.90 bits per heavy atom. The standard InChI is InChI=1S/C22H29FO6S/c1-22(2,17-5-9-19(10-6-17)27-14-4-13-23)18-7-11-20(12-8-18)28-16-21(15-24)29-30(3,25)26/h5-12,21,24H,4,13-16H2,1-3H3. The highest BCUT2D eigenvalue weighted by Crippen LogP contribution is 2.33. The first-order valence-corrected chi connectivity index (χ1v) is 11.5. The van der Waals surface area contributed by atoms with E-state index in [4.69, 9.17) is 13.7 Å². The fraction of sp³-hybridized carbons (Fsp3) is 0.455. The number of benzene rings is 2. The molecule has 0 aliphatic carbocycles. The number of rotatable bonds is 12. The molecule has 2 aromatic rings. The fourth-order valence-electron chi connectivity index (χ4n) is 2.89. The summed E-state index contributed by atoms with van der Waals surface area (Å²) >= 11 is 0. The summed E-state index contributed by atoms with van der Waals surface area (Å²) in [7, 11) is -3.67. The van der Waals surface area contributed by atoms with Gasteiger partial charge in [-0.1, -0.05) is 38.1 Å². The molecule has 0 heterocycles. The van der Waals surface area contributed by atoms with Crippen molar-refractivity contribution in [3.63, 3.8) is 0 Å². The highest BCUT2D eigenvalue weighted by molar-refractivity contribution is 7.86. The van der Waals surface area contributed by atoms with Crippen LogP contribution < -0.4 is 9.47 Å². The van der Waals surface area contributed by atoms with Crippen LogP contribution in [0.15, 0.2) is 48.5 Å². The molecule has 0 saturated carbocycles. The third-order valence-electron chi connectivity index (χ3n) is 4.65. The van der Waals surface area contributed by atoms with Gasteiger partial charge in [0.25, 0.3) is 10.1 Å². The lowest BCUT2D eigenvalue weighted by Crippen LogP contribution is -2.28. The van der Waals surface area contributed by atoms with E-state index in [1.165, 1.54) is 0 Å². The first kappa shape index (κ1) is 24.1. The van der Waals surface area contributed by atoms with Crippen LogP contribution in [-0.4, -0.2) is 52.4 Å². The minimum absolute atomic E-state index is 0.0871. The largest absolute Gasteiger partial charge is 0.494 e. The number of aliphatic hydroxyl groups excluding tert-OH is 1. The number of hydrogen-bond donors (Lipinski definition) is 1. The van der Waals surface area contributed by atoms with Crippen LogP contribution in [-0.2, 0) is 19.7 Å². The van der Waals surface area contributed by atoms with Crippen molar-refractivity contribution >= 4 is 10.1 Å². The fourth-order valence-corrected chi connectivity index (χ4v) is 3.50. The molecule has 1 unspecified atom stereocenters. The van der Waals surface area contributed by atoms with Crippen LogP contribution in [0, 0.1) is 0 Å². The van der Waals surface area contributed by atoms with Gasteiger partial charge in [-0.25, -0.2) is 0 Å². The predicted octanol–water partition coefficient (Wildman–Crippen LogP) is 3.47. The lowest BCUT2D eigenvalue weighted by Gasteiger charge is -2.26. The van der Waals surface area contributed by atoms with Gasteiger partial charge in [0, 0.05) is 11.8 Å². The highest BCUT2D eigenvalue weighted by Gasteiger charge is 2.23. The number of ether oxygens (including phenoxy) is 2. The normalized spacial score (nSPS) is 13.1. The molecule has 166 valence electrons. The van der Waals surface area contributed by atoms with Crippen molar-refractivity contribution in [3.05, 3.63) is 59.7 Å². The average molecular weight is 441 g/mol. The maximum absolute atomic E-state index is 12.2. The summed E-state index contributed by atoms with van der Waals surface area (Å²) in [6.07, 6.45) is 0.345. The van der Waals surface area contributed by atoms with E-state index in [-0.39, 0.29) is 12.0 Å². The summed E-state index contributed by atoms with van der Waals surface area (Å²) in [4.78, 5) is 0. The Hall–Kier alpha value is -2.16. The molecule has 30 heavy (non-hydrogen) atoms. The van der Waals surface area contributed by atoms with Gasteiger partial charge in [0.1, 0.15) is 24.2 Å². The molecule has 0 fully saturated rings. The molecule has 1 N–H and O–H groups in total. The Balaban J connectivity index is 2.01. The third kappa shape index (κ3) is 7.27. The summed E-state index contributed by atoms with van der Waals surface area (Å²) in [5.41, 5.74) is 1.88. The van der Waals surface area contributed by atoms with E-state index < -0.39 is 29.5 Å². The number of hydrogen-bond acceptors (Lipinski definition) is 6. The molecule has 0 aromatic heterocycles. The van der Waals surface area contributed by atoms with Crippen molar-refractivity contribution in [2.45, 2.75) is 31.8 Å². The lowest BCUT2D eigenvalue weighted by atomic mass is 9.78. The summed E-state index contributed by atoms with van der Waals surface area (Å²) in [5.74, 6) is 1.25. The molecule has 0 radical (unpaired) electrons. The quantitative estimate of drug-likeness (QED) is 0.402. The van der Waals surface area contributed by atoms with Crippen molar-refractivity contribution in [1.29, 1.82) is 0 Å². The van der Waals surface area contributed by atoms with E-state index >= 15 is 0 Å². The van der Waals surface area contributed by atoms with Gasteiger partial charge in [-0.15, -0.1) is 0 Å². The average Bonchev–Trinajstić information content (AvgIpc) is 2.71. The van der Waals surface area contributed by atoms with Crippen LogP contribution in [0.4, 0.5) is 4.39 Å². The van der Waals surface area contributed by atoms with Gasteiger partial charge in [-0.05, 0) is 35.4 Å². The van der Waals surface area contributed by atoms with Crippen LogP contribution in [0.1, 0.15) is 31.4 Å². The number of halogens is 1. The van der Waals surface area contributed by atoms with Gasteiger partial charge in [-0.3, -0.25) is 8.57 Å². The van der Waals surface area contributed by atoms with Gasteiger partial charge in [0.05, 0.1) is 26.1 Å². The summed E-state index contributed by atoms with van der Waals surface area (Å²) in [6.45, 7) is 3.61. The van der Waals surface area contributed by atoms with Gasteiger partial charge in [0.15, 0.2) is 0 Å². The second-order valence-electron chi connectivity index (χ2n) is 7.48. The minimum atomic E-state index is -3.67. The zero-order valence-electron chi connectivity index (χ0n) is 17.5. The van der Waals surface area contributed by atoms with Crippen molar-refractivity contribution in [3.8, 4) is 11.5 Å². The van der Waals surface area contributed by atoms with Gasteiger partial charge >= 0.3 is 0 Å². The third-order valence-corrected chi connectivity index (χ3v) is 5.27. The summed E-state index contributed by atoms with van der Waals surface area (Å²) in [6, 6.07) is 15.2. The molecule has 0 aliphatic rings. The summed E-state index contributed by atoms with van der Waals surface area (Å²) in [5, 5.41) is 9.23. The zero-order valence-corrected chi connectivity index (χ0v) is 18.3. The molecule has 0 bridgehead atoms. The van der Waals surface area contributed by atoms with Crippen LogP contribution >= 0.6 is 0 Å². The SMILES string of the molecule is CC(C)(c1ccc(OCCCF)cc1)c1ccc(OCC(CO)OS(C)(=O)=O)cc1. The maximum Gasteiger partial charge on any atom is 0.264 e. The molecule has 6 nitrogen and oxygen atoms in total. The molecule has 2 rings (SSSR count). The molecule has 0 saturated heterocycles. The van der Waals surface area contributed by atoms with Gasteiger partial charge in [-0.2, -0.15) is 8.42 Å². The van der Waals surface area contributed by atoms with Crippen LogP contribution in [0.2, 0.25) is 0 Å². The van der Waals surface area contributed by atoms with E-state index in [2.05, 4.69) is 13.8 Å². The smallest absolute Gasteiger partial charge is 0.264 e. The molecule has 0 amide bonds. The second kappa shape index (κ2) is 10.7. The van der Waals surface area contributed by atoms with E-state index in [0.717, 1.165) is 17.4 Å². The monoisotopic (exact) mass is 440 g/mol. The maximum atomic E-state index is 12.2. The number of alkyl halides is 1. The second-order valence-corrected chi connectivity index (χ2v) is 9.08. The first-order valence-electron chi connectivity index (χ1n) is 9.67. The molecule has 0 aliphatic heterocycles. The predicted molar refractivity (Wildman–Crippen MR) is 113 cm³/mol. The number of aliphatic hydroxyl groups is 1. The first-order chi connectivity index (χ1) is 14.2.